The Morgan fingerprint density at radius 2 is 1.76 bits per heavy atom. The van der Waals surface area contributed by atoms with Crippen LogP contribution in [0.4, 0.5) is 0 Å². The number of rotatable bonds is 3. The van der Waals surface area contributed by atoms with Crippen molar-refractivity contribution in [2.24, 2.45) is 0 Å². The number of hydrogen-bond acceptors (Lipinski definition) is 5. The highest BCUT2D eigenvalue weighted by molar-refractivity contribution is 14.1. The molecular formula is C19H18ClI2NO6. The number of aliphatic carboxylic acids is 2. The average molecular weight is 646 g/mol. The van der Waals surface area contributed by atoms with Crippen LogP contribution in [0.5, 0.6) is 11.5 Å². The minimum absolute atomic E-state index is 0.151. The molecule has 1 aliphatic heterocycles. The molecule has 4 N–H and O–H groups in total. The summed E-state index contributed by atoms with van der Waals surface area (Å²) >= 11 is 10.7. The van der Waals surface area contributed by atoms with Crippen molar-refractivity contribution in [3.05, 3.63) is 53.1 Å². The summed E-state index contributed by atoms with van der Waals surface area (Å²) in [6.45, 7) is 0.920. The molecule has 29 heavy (non-hydrogen) atoms. The third kappa shape index (κ3) is 6.33. The summed E-state index contributed by atoms with van der Waals surface area (Å²) < 4.78 is 7.65. The average Bonchev–Trinajstić information content (AvgIpc) is 2.63. The highest BCUT2D eigenvalue weighted by Crippen LogP contribution is 2.35. The lowest BCUT2D eigenvalue weighted by molar-refractivity contribution is -0.159. The Bertz CT molecular complexity index is 902. The molecule has 0 aliphatic carbocycles. The third-order valence-electron chi connectivity index (χ3n) is 4.25. The van der Waals surface area contributed by atoms with E-state index in [-0.39, 0.29) is 11.8 Å². The van der Waals surface area contributed by atoms with Gasteiger partial charge in [-0.05, 0) is 106 Å². The molecule has 10 heteroatoms. The van der Waals surface area contributed by atoms with Crippen molar-refractivity contribution in [3.8, 4) is 11.5 Å². The molecule has 1 aliphatic rings. The quantitative estimate of drug-likeness (QED) is 0.296. The lowest BCUT2D eigenvalue weighted by atomic mass is 9.90. The van der Waals surface area contributed by atoms with E-state index in [4.69, 9.17) is 36.1 Å². The maximum Gasteiger partial charge on any atom is 0.414 e. The maximum atomic E-state index is 9.94. The van der Waals surface area contributed by atoms with Crippen LogP contribution in [0.2, 0.25) is 5.02 Å². The zero-order valence-corrected chi connectivity index (χ0v) is 20.3. The Labute approximate surface area is 199 Å². The van der Waals surface area contributed by atoms with Gasteiger partial charge in [0.25, 0.3) is 0 Å². The molecule has 156 valence electrons. The number of carboxylic acids is 2. The summed E-state index contributed by atoms with van der Waals surface area (Å²) in [5.74, 6) is -2.57. The fourth-order valence-electron chi connectivity index (χ4n) is 2.99. The number of fused-ring (bicyclic) bond motifs is 1. The second-order valence-corrected chi connectivity index (χ2v) is 8.90. The van der Waals surface area contributed by atoms with E-state index in [2.05, 4.69) is 62.6 Å². The highest BCUT2D eigenvalue weighted by Gasteiger charge is 2.22. The number of ether oxygens (including phenoxy) is 1. The maximum absolute atomic E-state index is 9.94. The number of aromatic hydroxyl groups is 1. The Kier molecular flexibility index (Phi) is 8.79. The number of benzene rings is 2. The number of phenols is 1. The van der Waals surface area contributed by atoms with Gasteiger partial charge in [-0.15, -0.1) is 0 Å². The first-order valence-electron chi connectivity index (χ1n) is 8.36. The van der Waals surface area contributed by atoms with E-state index in [1.807, 2.05) is 6.07 Å². The zero-order chi connectivity index (χ0) is 21.7. The minimum atomic E-state index is -1.82. The standard InChI is InChI=1S/C17H16ClI2NO2.C2H2O4/c1-23-17-13(19)4-9(5-14(17)20)6-15-11-8-16(22)12(18)7-10(11)2-3-21-15;3-1(4)2(5)6/h4-5,7-8,15,21-22H,2-3,6H2,1H3;(H,3,4)(H,5,6). The van der Waals surface area contributed by atoms with E-state index in [1.54, 1.807) is 13.2 Å². The molecule has 2 aromatic rings. The van der Waals surface area contributed by atoms with Crippen LogP contribution in [-0.4, -0.2) is 40.9 Å². The molecule has 0 saturated heterocycles. The van der Waals surface area contributed by atoms with Crippen molar-refractivity contribution in [2.45, 2.75) is 18.9 Å². The van der Waals surface area contributed by atoms with Gasteiger partial charge in [-0.3, -0.25) is 0 Å². The Morgan fingerprint density at radius 1 is 1.17 bits per heavy atom. The molecule has 1 atom stereocenters. The molecule has 0 amide bonds. The van der Waals surface area contributed by atoms with E-state index in [1.165, 1.54) is 11.1 Å². The summed E-state index contributed by atoms with van der Waals surface area (Å²) in [6.07, 6.45) is 1.80. The predicted octanol–water partition coefficient (Wildman–Crippen LogP) is 3.85. The minimum Gasteiger partial charge on any atom is -0.506 e. The Morgan fingerprint density at radius 3 is 2.28 bits per heavy atom. The molecule has 0 saturated carbocycles. The molecule has 0 spiro atoms. The van der Waals surface area contributed by atoms with Gasteiger partial charge in [-0.25, -0.2) is 9.59 Å². The summed E-state index contributed by atoms with van der Waals surface area (Å²) in [7, 11) is 1.70. The molecule has 7 nitrogen and oxygen atoms in total. The van der Waals surface area contributed by atoms with E-state index < -0.39 is 11.9 Å². The van der Waals surface area contributed by atoms with E-state index in [0.29, 0.717) is 5.02 Å². The zero-order valence-electron chi connectivity index (χ0n) is 15.2. The van der Waals surface area contributed by atoms with Crippen LogP contribution in [0.25, 0.3) is 0 Å². The number of hydrogen-bond donors (Lipinski definition) is 4. The van der Waals surface area contributed by atoms with Gasteiger partial charge in [0.2, 0.25) is 0 Å². The Balaban J connectivity index is 0.000000438. The van der Waals surface area contributed by atoms with Crippen LogP contribution >= 0.6 is 56.8 Å². The summed E-state index contributed by atoms with van der Waals surface area (Å²) in [5.41, 5.74) is 3.60. The highest BCUT2D eigenvalue weighted by atomic mass is 127. The SMILES string of the molecule is COc1c(I)cc(CC2NCCc3cc(Cl)c(O)cc32)cc1I.O=C(O)C(=O)O. The summed E-state index contributed by atoms with van der Waals surface area (Å²) in [4.78, 5) is 18.2. The molecule has 1 unspecified atom stereocenters. The monoisotopic (exact) mass is 645 g/mol. The topological polar surface area (TPSA) is 116 Å². The van der Waals surface area contributed by atoms with Crippen LogP contribution in [-0.2, 0) is 22.4 Å². The van der Waals surface area contributed by atoms with Gasteiger partial charge in [0.1, 0.15) is 11.5 Å². The number of phenolic OH excluding ortho intramolecular Hbond substituents is 1. The third-order valence-corrected chi connectivity index (χ3v) is 6.16. The van der Waals surface area contributed by atoms with Gasteiger partial charge >= 0.3 is 11.9 Å². The van der Waals surface area contributed by atoms with Crippen molar-refractivity contribution >= 4 is 68.7 Å². The molecule has 0 fully saturated rings. The van der Waals surface area contributed by atoms with E-state index in [0.717, 1.165) is 37.8 Å². The van der Waals surface area contributed by atoms with Crippen LogP contribution in [0, 0.1) is 7.14 Å². The summed E-state index contributed by atoms with van der Waals surface area (Å²) in [6, 6.07) is 8.19. The van der Waals surface area contributed by atoms with Gasteiger partial charge < -0.3 is 25.4 Å². The van der Waals surface area contributed by atoms with Gasteiger partial charge in [0.15, 0.2) is 0 Å². The van der Waals surface area contributed by atoms with E-state index in [9.17, 15) is 5.11 Å². The number of nitrogens with one attached hydrogen (secondary N) is 1. The largest absolute Gasteiger partial charge is 0.506 e. The molecule has 3 rings (SSSR count). The number of carbonyl (C=O) groups is 2. The first kappa shape index (κ1) is 24.0. The number of halogens is 3. The molecule has 1 heterocycles. The smallest absolute Gasteiger partial charge is 0.414 e. The molecule has 0 bridgehead atoms. The summed E-state index contributed by atoms with van der Waals surface area (Å²) in [5, 5.41) is 28.7. The second kappa shape index (κ2) is 10.6. The predicted molar refractivity (Wildman–Crippen MR) is 125 cm³/mol. The Hall–Kier alpha value is -1.31. The van der Waals surface area contributed by atoms with Crippen molar-refractivity contribution < 1.29 is 29.6 Å². The van der Waals surface area contributed by atoms with Gasteiger partial charge in [0.05, 0.1) is 19.3 Å². The van der Waals surface area contributed by atoms with Gasteiger partial charge in [0, 0.05) is 6.04 Å². The van der Waals surface area contributed by atoms with Crippen LogP contribution < -0.4 is 10.1 Å². The fourth-order valence-corrected chi connectivity index (χ4v) is 5.52. The number of carboxylic acid groups (broad SMARTS) is 2. The van der Waals surface area contributed by atoms with Gasteiger partial charge in [-0.1, -0.05) is 11.6 Å². The van der Waals surface area contributed by atoms with Crippen molar-refractivity contribution in [2.75, 3.05) is 13.7 Å². The first-order valence-corrected chi connectivity index (χ1v) is 10.9. The lowest BCUT2D eigenvalue weighted by Gasteiger charge is -2.28. The molecular weight excluding hydrogens is 627 g/mol. The van der Waals surface area contributed by atoms with Crippen LogP contribution in [0.1, 0.15) is 22.7 Å². The van der Waals surface area contributed by atoms with Crippen molar-refractivity contribution in [1.29, 1.82) is 0 Å². The van der Waals surface area contributed by atoms with Crippen LogP contribution in [0.15, 0.2) is 24.3 Å². The van der Waals surface area contributed by atoms with Gasteiger partial charge in [-0.2, -0.15) is 0 Å². The molecule has 0 aromatic heterocycles. The normalized spacial score (nSPS) is 15.0. The second-order valence-electron chi connectivity index (χ2n) is 6.17. The van der Waals surface area contributed by atoms with Crippen LogP contribution in [0.3, 0.4) is 0 Å². The molecule has 0 radical (unpaired) electrons. The first-order chi connectivity index (χ1) is 13.6. The van der Waals surface area contributed by atoms with E-state index >= 15 is 0 Å². The lowest BCUT2D eigenvalue weighted by Crippen LogP contribution is -2.31. The number of methoxy groups -OCH3 is 1. The molecule has 2 aromatic carbocycles. The fraction of sp³-hybridized carbons (Fsp3) is 0.263. The van der Waals surface area contributed by atoms with Crippen molar-refractivity contribution in [1.82, 2.24) is 5.32 Å². The van der Waals surface area contributed by atoms with Crippen molar-refractivity contribution in [3.63, 3.8) is 0 Å².